The molecule has 62 valence electrons. The zero-order valence-electron chi connectivity index (χ0n) is 4.81. The van der Waals surface area contributed by atoms with E-state index in [2.05, 4.69) is 4.89 Å². The van der Waals surface area contributed by atoms with Crippen LogP contribution in [0.5, 0.6) is 0 Å². The van der Waals surface area contributed by atoms with E-state index in [9.17, 15) is 4.79 Å². The van der Waals surface area contributed by atoms with Gasteiger partial charge in [0.1, 0.15) is 0 Å². The fourth-order valence-corrected chi connectivity index (χ4v) is 0. The normalized spacial score (nSPS) is 9.10. The Kier molecular flexibility index (Phi) is 6.16. The van der Waals surface area contributed by atoms with Crippen LogP contribution in [0.4, 0.5) is 0 Å². The molecule has 0 radical (unpaired) electrons. The summed E-state index contributed by atoms with van der Waals surface area (Å²) in [6, 6.07) is 0. The second-order valence-electron chi connectivity index (χ2n) is 0.979. The van der Waals surface area contributed by atoms with Gasteiger partial charge in [-0.05, 0) is 0 Å². The Labute approximate surface area is 57.3 Å². The van der Waals surface area contributed by atoms with Gasteiger partial charge in [0, 0.05) is 6.92 Å². The fourth-order valence-electron chi connectivity index (χ4n) is 0. The maximum absolute atomic E-state index is 9.34. The van der Waals surface area contributed by atoms with Crippen LogP contribution in [0.2, 0.25) is 0 Å². The van der Waals surface area contributed by atoms with Gasteiger partial charge in [-0.2, -0.15) is 5.26 Å². The molecule has 0 rings (SSSR count). The van der Waals surface area contributed by atoms with Crippen LogP contribution in [-0.4, -0.2) is 15.4 Å². The molecule has 0 saturated heterocycles. The quantitative estimate of drug-likeness (QED) is 0.293. The van der Waals surface area contributed by atoms with Crippen molar-refractivity contribution >= 4 is 5.97 Å². The Morgan fingerprint density at radius 2 is 1.50 bits per heavy atom. The summed E-state index contributed by atoms with van der Waals surface area (Å²) in [5.41, 5.74) is 0. The average molecular weight is 196 g/mol. The third-order valence-electron chi connectivity index (χ3n) is 0.129. The summed E-state index contributed by atoms with van der Waals surface area (Å²) < 4.78 is 33.1. The van der Waals surface area contributed by atoms with Crippen molar-refractivity contribution in [2.24, 2.45) is 0 Å². The molecule has 0 unspecified atom stereocenters. The maximum atomic E-state index is 9.34. The summed E-state index contributed by atoms with van der Waals surface area (Å²) in [5.74, 6) is -0.690. The van der Waals surface area contributed by atoms with Gasteiger partial charge in [-0.25, -0.2) is 4.79 Å². The van der Waals surface area contributed by atoms with Crippen LogP contribution < -0.4 is 0 Å². The predicted octanol–water partition coefficient (Wildman–Crippen LogP) is -0.893. The molecule has 0 aromatic rings. The van der Waals surface area contributed by atoms with E-state index in [0.717, 1.165) is 6.92 Å². The van der Waals surface area contributed by atoms with Crippen LogP contribution in [-0.2, 0) is 34.2 Å². The van der Waals surface area contributed by atoms with Crippen molar-refractivity contribution in [2.45, 2.75) is 6.92 Å². The molecule has 8 heteroatoms. The second-order valence-corrected chi connectivity index (χ2v) is 2.22. The first-order valence-corrected chi connectivity index (χ1v) is 3.70. The molecule has 0 atom stereocenters. The Bertz CT molecular complexity index is 213. The molecule has 0 fully saturated rings. The summed E-state index contributed by atoms with van der Waals surface area (Å²) in [7, 11) is 0. The first kappa shape index (κ1) is 12.0. The molecule has 0 aromatic heterocycles. The molecular weight excluding hydrogens is 191 g/mol. The van der Waals surface area contributed by atoms with E-state index in [-0.39, 0.29) is 0 Å². The van der Waals surface area contributed by atoms with E-state index >= 15 is 0 Å². The number of carbonyl (C=O) groups is 1. The number of rotatable bonds is 0. The molecule has 0 aromatic carbocycles. The van der Waals surface area contributed by atoms with Crippen LogP contribution in [0, 0.1) is 0 Å². The van der Waals surface area contributed by atoms with Gasteiger partial charge in [-0.3, -0.25) is 0 Å². The SMILES string of the molecule is CC(=O)OO.[O]=[Mn](=[O])(=[O])[OH]. The Morgan fingerprint density at radius 3 is 1.50 bits per heavy atom. The van der Waals surface area contributed by atoms with Crippen LogP contribution in [0.15, 0.2) is 0 Å². The van der Waals surface area contributed by atoms with Crippen LogP contribution in [0.1, 0.15) is 6.92 Å². The van der Waals surface area contributed by atoms with Gasteiger partial charge < -0.3 is 4.89 Å². The van der Waals surface area contributed by atoms with Gasteiger partial charge in [0.05, 0.1) is 0 Å². The summed E-state index contributed by atoms with van der Waals surface area (Å²) in [6.45, 7) is 1.11. The summed E-state index contributed by atoms with van der Waals surface area (Å²) in [5, 5.41) is 7.29. The predicted molar refractivity (Wildman–Crippen MR) is 18.7 cm³/mol. The Hall–Kier alpha value is -0.691. The summed E-state index contributed by atoms with van der Waals surface area (Å²) in [4.78, 5) is 12.5. The molecule has 0 spiro atoms. The first-order chi connectivity index (χ1) is 4.27. The van der Waals surface area contributed by atoms with E-state index in [0.29, 0.717) is 0 Å². The average Bonchev–Trinajstić information content (AvgIpc) is 1.61. The number of hydrogen-bond donors (Lipinski definition) is 2. The van der Waals surface area contributed by atoms with Crippen molar-refractivity contribution in [1.82, 2.24) is 0 Å². The molecule has 0 amide bonds. The minimum atomic E-state index is -5.38. The molecule has 0 bridgehead atoms. The molecule has 0 aliphatic rings. The van der Waals surface area contributed by atoms with Gasteiger partial charge in [-0.1, -0.05) is 0 Å². The molecular formula is C2H5MnO7. The van der Waals surface area contributed by atoms with Gasteiger partial charge in [0.15, 0.2) is 0 Å². The third-order valence-corrected chi connectivity index (χ3v) is 0.129. The van der Waals surface area contributed by atoms with Crippen molar-refractivity contribution in [1.29, 1.82) is 0 Å². The third kappa shape index (κ3) is 170. The molecule has 0 aliphatic heterocycles. The van der Waals surface area contributed by atoms with E-state index < -0.39 is 18.9 Å². The monoisotopic (exact) mass is 196 g/mol. The van der Waals surface area contributed by atoms with Gasteiger partial charge in [0.2, 0.25) is 0 Å². The zero-order valence-corrected chi connectivity index (χ0v) is 5.99. The van der Waals surface area contributed by atoms with Crippen molar-refractivity contribution in [2.75, 3.05) is 0 Å². The summed E-state index contributed by atoms with van der Waals surface area (Å²) >= 11 is -5.38. The Balaban J connectivity index is 0. The van der Waals surface area contributed by atoms with Crippen molar-refractivity contribution in [3.63, 3.8) is 0 Å². The van der Waals surface area contributed by atoms with E-state index in [4.69, 9.17) is 21.0 Å². The van der Waals surface area contributed by atoms with E-state index in [1.807, 2.05) is 0 Å². The van der Waals surface area contributed by atoms with Crippen LogP contribution in [0.25, 0.3) is 0 Å². The Morgan fingerprint density at radius 1 is 1.40 bits per heavy atom. The van der Waals surface area contributed by atoms with Crippen LogP contribution in [0.3, 0.4) is 0 Å². The van der Waals surface area contributed by atoms with Crippen molar-refractivity contribution in [3.05, 3.63) is 0 Å². The molecule has 0 saturated carbocycles. The molecule has 10 heavy (non-hydrogen) atoms. The van der Waals surface area contributed by atoms with Gasteiger partial charge >= 0.3 is 34.6 Å². The molecule has 0 aliphatic carbocycles. The molecule has 7 nitrogen and oxygen atoms in total. The summed E-state index contributed by atoms with van der Waals surface area (Å²) in [6.07, 6.45) is 0. The van der Waals surface area contributed by atoms with Gasteiger partial charge in [0.25, 0.3) is 0 Å². The zero-order chi connectivity index (χ0) is 8.78. The standard InChI is InChI=1S/C2H4O3.Mn.H2O.3O/c1-2(3)5-4;;;;;/h4H,1H3;;1H2;;;/q;+1;;;;/p-1. The topological polar surface area (TPSA) is 118 Å². The minimum absolute atomic E-state index is 0.690. The van der Waals surface area contributed by atoms with Crippen molar-refractivity contribution in [3.8, 4) is 0 Å². The van der Waals surface area contributed by atoms with E-state index in [1.54, 1.807) is 0 Å². The van der Waals surface area contributed by atoms with Crippen molar-refractivity contribution < 1.29 is 43.6 Å². The molecule has 2 N–H and O–H groups in total. The van der Waals surface area contributed by atoms with Crippen LogP contribution >= 0.6 is 0 Å². The van der Waals surface area contributed by atoms with E-state index in [1.165, 1.54) is 0 Å². The number of hydrogen-bond acceptors (Lipinski definition) is 6. The van der Waals surface area contributed by atoms with Gasteiger partial charge in [-0.15, -0.1) is 0 Å². The number of carbonyl (C=O) groups excluding carboxylic acids is 1. The first-order valence-electron chi connectivity index (χ1n) is 1.72. The second kappa shape index (κ2) is 5.12. The molecule has 0 heterocycles. The fraction of sp³-hybridized carbons (Fsp3) is 0.500.